The molecule has 0 radical (unpaired) electrons. The quantitative estimate of drug-likeness (QED) is 0.769. The van der Waals surface area contributed by atoms with Gasteiger partial charge in [0.25, 0.3) is 0 Å². The fourth-order valence-corrected chi connectivity index (χ4v) is 4.45. The van der Waals surface area contributed by atoms with Crippen LogP contribution >= 0.6 is 0 Å². The van der Waals surface area contributed by atoms with Gasteiger partial charge in [0, 0.05) is 50.7 Å². The Hall–Kier alpha value is -2.22. The standard InChI is InChI=1S/C19H28N6O2/c1-14-18(15(2)27-22-14)11-23-8-16-5-6-17(10-23)25(9-16)19(26)4-3-7-24-13-20-12-21-24/h12-13,16-17H,3-11H2,1-2H3/t16-,17+/m0/s1. The van der Waals surface area contributed by atoms with Crippen LogP contribution in [0.1, 0.15) is 42.7 Å². The van der Waals surface area contributed by atoms with Gasteiger partial charge >= 0.3 is 0 Å². The first-order valence-corrected chi connectivity index (χ1v) is 9.86. The van der Waals surface area contributed by atoms with Gasteiger partial charge in [-0.1, -0.05) is 5.16 Å². The Morgan fingerprint density at radius 1 is 1.26 bits per heavy atom. The Morgan fingerprint density at radius 2 is 2.15 bits per heavy atom. The lowest BCUT2D eigenvalue weighted by Crippen LogP contribution is -2.47. The normalized spacial score (nSPS) is 23.0. The summed E-state index contributed by atoms with van der Waals surface area (Å²) >= 11 is 0. The Labute approximate surface area is 159 Å². The number of carbonyl (C=O) groups is 1. The van der Waals surface area contributed by atoms with Crippen LogP contribution in [0.15, 0.2) is 17.2 Å². The number of hydrogen-bond donors (Lipinski definition) is 0. The number of rotatable bonds is 6. The van der Waals surface area contributed by atoms with Gasteiger partial charge in [-0.2, -0.15) is 5.10 Å². The highest BCUT2D eigenvalue weighted by Gasteiger charge is 2.37. The molecule has 3 saturated heterocycles. The lowest BCUT2D eigenvalue weighted by Gasteiger charge is -2.36. The summed E-state index contributed by atoms with van der Waals surface area (Å²) in [7, 11) is 0. The molecule has 3 aliphatic heterocycles. The predicted molar refractivity (Wildman–Crippen MR) is 98.7 cm³/mol. The van der Waals surface area contributed by atoms with Gasteiger partial charge in [-0.25, -0.2) is 4.98 Å². The number of hydrogen-bond acceptors (Lipinski definition) is 6. The van der Waals surface area contributed by atoms with E-state index in [-0.39, 0.29) is 5.91 Å². The number of aromatic nitrogens is 4. The predicted octanol–water partition coefficient (Wildman–Crippen LogP) is 1.79. The van der Waals surface area contributed by atoms with E-state index < -0.39 is 0 Å². The van der Waals surface area contributed by atoms with Gasteiger partial charge in [0.05, 0.1) is 5.69 Å². The molecule has 0 N–H and O–H groups in total. The molecule has 2 aromatic rings. The molecule has 2 atom stereocenters. The van der Waals surface area contributed by atoms with E-state index in [4.69, 9.17) is 4.52 Å². The molecular formula is C19H28N6O2. The highest BCUT2D eigenvalue weighted by atomic mass is 16.5. The van der Waals surface area contributed by atoms with Crippen LogP contribution in [0.4, 0.5) is 0 Å². The lowest BCUT2D eigenvalue weighted by molar-refractivity contribution is -0.135. The van der Waals surface area contributed by atoms with Crippen LogP contribution in [0, 0.1) is 19.8 Å². The molecule has 2 bridgehead atoms. The van der Waals surface area contributed by atoms with Gasteiger partial charge in [0.1, 0.15) is 18.4 Å². The van der Waals surface area contributed by atoms with E-state index in [1.807, 2.05) is 13.8 Å². The maximum atomic E-state index is 12.8. The largest absolute Gasteiger partial charge is 0.361 e. The second kappa shape index (κ2) is 7.80. The second-order valence-electron chi connectivity index (χ2n) is 7.90. The molecule has 0 aliphatic carbocycles. The first kappa shape index (κ1) is 18.2. The van der Waals surface area contributed by atoms with Crippen molar-refractivity contribution < 1.29 is 9.32 Å². The van der Waals surface area contributed by atoms with Gasteiger partial charge in [-0.15, -0.1) is 0 Å². The molecule has 8 nitrogen and oxygen atoms in total. The van der Waals surface area contributed by atoms with Crippen LogP contribution in [0.25, 0.3) is 0 Å². The lowest BCUT2D eigenvalue weighted by atomic mass is 9.94. The van der Waals surface area contributed by atoms with Crippen molar-refractivity contribution >= 4 is 5.91 Å². The molecule has 2 aromatic heterocycles. The third-order valence-electron chi connectivity index (χ3n) is 5.92. The summed E-state index contributed by atoms with van der Waals surface area (Å²) in [6, 6.07) is 0.322. The van der Waals surface area contributed by atoms with E-state index in [1.165, 1.54) is 18.3 Å². The van der Waals surface area contributed by atoms with E-state index in [9.17, 15) is 4.79 Å². The first-order chi connectivity index (χ1) is 13.1. The fraction of sp³-hybridized carbons (Fsp3) is 0.684. The Bertz CT molecular complexity index is 752. The average Bonchev–Trinajstić information content (AvgIpc) is 3.17. The number of fused-ring (bicyclic) bond motifs is 4. The molecule has 3 fully saturated rings. The van der Waals surface area contributed by atoms with E-state index in [0.29, 0.717) is 18.4 Å². The zero-order valence-electron chi connectivity index (χ0n) is 16.2. The van der Waals surface area contributed by atoms with Gasteiger partial charge < -0.3 is 9.42 Å². The minimum Gasteiger partial charge on any atom is -0.361 e. The van der Waals surface area contributed by atoms with E-state index >= 15 is 0 Å². The molecule has 8 heteroatoms. The first-order valence-electron chi connectivity index (χ1n) is 9.86. The summed E-state index contributed by atoms with van der Waals surface area (Å²) in [4.78, 5) is 21.4. The van der Waals surface area contributed by atoms with Gasteiger partial charge in [-0.3, -0.25) is 14.4 Å². The number of amides is 1. The minimum absolute atomic E-state index is 0.281. The SMILES string of the molecule is Cc1noc(C)c1CN1C[C@@H]2CC[C@H](C1)N(C(=O)CCCn1cncn1)C2. The summed E-state index contributed by atoms with van der Waals surface area (Å²) in [6.45, 7) is 8.47. The molecule has 1 amide bonds. The maximum absolute atomic E-state index is 12.8. The van der Waals surface area contributed by atoms with Crippen molar-refractivity contribution in [3.05, 3.63) is 29.7 Å². The molecule has 5 rings (SSSR count). The molecule has 0 spiro atoms. The van der Waals surface area contributed by atoms with Crippen molar-refractivity contribution in [2.24, 2.45) is 5.92 Å². The van der Waals surface area contributed by atoms with Gasteiger partial charge in [0.2, 0.25) is 5.91 Å². The molecule has 0 saturated carbocycles. The van der Waals surface area contributed by atoms with Gasteiger partial charge in [0.15, 0.2) is 0 Å². The van der Waals surface area contributed by atoms with E-state index in [2.05, 4.69) is 25.0 Å². The number of carbonyl (C=O) groups excluding carboxylic acids is 1. The van der Waals surface area contributed by atoms with Crippen molar-refractivity contribution in [3.63, 3.8) is 0 Å². The third-order valence-corrected chi connectivity index (χ3v) is 5.92. The topological polar surface area (TPSA) is 80.3 Å². The van der Waals surface area contributed by atoms with Crippen molar-refractivity contribution in [1.29, 1.82) is 0 Å². The Balaban J connectivity index is 1.35. The van der Waals surface area contributed by atoms with Crippen molar-refractivity contribution in [1.82, 2.24) is 29.7 Å². The molecule has 0 aromatic carbocycles. The number of piperidine rings is 1. The van der Waals surface area contributed by atoms with Gasteiger partial charge in [-0.05, 0) is 39.0 Å². The maximum Gasteiger partial charge on any atom is 0.222 e. The minimum atomic E-state index is 0.281. The van der Waals surface area contributed by atoms with Crippen molar-refractivity contribution in [2.75, 3.05) is 19.6 Å². The smallest absolute Gasteiger partial charge is 0.222 e. The summed E-state index contributed by atoms with van der Waals surface area (Å²) in [5, 5.41) is 8.18. The molecule has 0 unspecified atom stereocenters. The van der Waals surface area contributed by atoms with Crippen LogP contribution in [0.3, 0.4) is 0 Å². The molecule has 5 heterocycles. The van der Waals surface area contributed by atoms with Crippen LogP contribution in [0.5, 0.6) is 0 Å². The van der Waals surface area contributed by atoms with E-state index in [1.54, 1.807) is 11.0 Å². The van der Waals surface area contributed by atoms with Crippen LogP contribution in [-0.2, 0) is 17.9 Å². The highest BCUT2D eigenvalue weighted by molar-refractivity contribution is 5.76. The van der Waals surface area contributed by atoms with E-state index in [0.717, 1.165) is 57.0 Å². The second-order valence-corrected chi connectivity index (χ2v) is 7.90. The zero-order valence-corrected chi connectivity index (χ0v) is 16.2. The van der Waals surface area contributed by atoms with Crippen molar-refractivity contribution in [2.45, 2.75) is 58.7 Å². The zero-order chi connectivity index (χ0) is 18.8. The van der Waals surface area contributed by atoms with Crippen LogP contribution < -0.4 is 0 Å². The Morgan fingerprint density at radius 3 is 2.89 bits per heavy atom. The highest BCUT2D eigenvalue weighted by Crippen LogP contribution is 2.30. The molecule has 146 valence electrons. The molecule has 3 aliphatic rings. The molecule has 27 heavy (non-hydrogen) atoms. The van der Waals surface area contributed by atoms with Crippen LogP contribution in [0.2, 0.25) is 0 Å². The fourth-order valence-electron chi connectivity index (χ4n) is 4.45. The monoisotopic (exact) mass is 372 g/mol. The Kier molecular flexibility index (Phi) is 5.24. The average molecular weight is 372 g/mol. The molecular weight excluding hydrogens is 344 g/mol. The number of aryl methyl sites for hydroxylation is 3. The van der Waals surface area contributed by atoms with Crippen LogP contribution in [-0.4, -0.2) is 61.3 Å². The third kappa shape index (κ3) is 4.05. The summed E-state index contributed by atoms with van der Waals surface area (Å²) in [6.07, 6.45) is 6.93. The summed E-state index contributed by atoms with van der Waals surface area (Å²) < 4.78 is 7.10. The summed E-state index contributed by atoms with van der Waals surface area (Å²) in [5.41, 5.74) is 2.17. The van der Waals surface area contributed by atoms with Crippen molar-refractivity contribution in [3.8, 4) is 0 Å². The summed E-state index contributed by atoms with van der Waals surface area (Å²) in [5.74, 6) is 1.75. The number of nitrogens with zero attached hydrogens (tertiary/aromatic N) is 6.